The van der Waals surface area contributed by atoms with Crippen LogP contribution in [0.1, 0.15) is 37.0 Å². The van der Waals surface area contributed by atoms with E-state index in [9.17, 15) is 9.59 Å². The van der Waals surface area contributed by atoms with Gasteiger partial charge in [-0.25, -0.2) is 0 Å². The molecule has 148 valence electrons. The Bertz CT molecular complexity index is 868. The number of fused-ring (bicyclic) bond motifs is 1. The summed E-state index contributed by atoms with van der Waals surface area (Å²) in [5.41, 5.74) is 0.749. The summed E-state index contributed by atoms with van der Waals surface area (Å²) in [7, 11) is 0. The molecule has 2 aromatic carbocycles. The van der Waals surface area contributed by atoms with Crippen molar-refractivity contribution in [1.82, 2.24) is 9.80 Å². The molecule has 2 saturated heterocycles. The molecule has 0 aromatic heterocycles. The predicted octanol–water partition coefficient (Wildman–Crippen LogP) is 3.33. The van der Waals surface area contributed by atoms with Crippen LogP contribution in [0.5, 0.6) is 0 Å². The predicted molar refractivity (Wildman–Crippen MR) is 109 cm³/mol. The molecule has 2 heterocycles. The third-order valence-corrected chi connectivity index (χ3v) is 6.04. The number of morpholine rings is 1. The second kappa shape index (κ2) is 7.92. The Labute approximate surface area is 166 Å². The normalized spacial score (nSPS) is 23.8. The average Bonchev–Trinajstić information content (AvgIpc) is 2.74. The minimum absolute atomic E-state index is 0.00400. The van der Waals surface area contributed by atoms with Gasteiger partial charge in [0, 0.05) is 31.1 Å². The maximum atomic E-state index is 13.1. The smallest absolute Gasteiger partial charge is 0.254 e. The third-order valence-electron chi connectivity index (χ3n) is 6.04. The van der Waals surface area contributed by atoms with E-state index < -0.39 is 0 Å². The lowest BCUT2D eigenvalue weighted by Gasteiger charge is -2.40. The average molecular weight is 380 g/mol. The summed E-state index contributed by atoms with van der Waals surface area (Å²) in [6.07, 6.45) is 1.55. The van der Waals surface area contributed by atoms with Gasteiger partial charge in [-0.3, -0.25) is 9.59 Å². The number of likely N-dealkylation sites (tertiary alicyclic amines) is 1. The fourth-order valence-corrected chi connectivity index (χ4v) is 4.36. The first kappa shape index (κ1) is 18.9. The summed E-state index contributed by atoms with van der Waals surface area (Å²) in [5.74, 6) is 0.292. The van der Waals surface area contributed by atoms with Gasteiger partial charge in [-0.1, -0.05) is 36.4 Å². The standard InChI is InChI=1S/C23H28N2O3/c1-16-15-28-17(2)14-25(16)22(26)19-10-12-24(13-11-19)23(27)21-9-5-7-18-6-3-4-8-20(18)21/h3-9,16-17,19H,10-15H2,1-2H3. The number of hydrogen-bond acceptors (Lipinski definition) is 3. The van der Waals surface area contributed by atoms with Crippen LogP contribution in [0.15, 0.2) is 42.5 Å². The van der Waals surface area contributed by atoms with Crippen molar-refractivity contribution < 1.29 is 14.3 Å². The van der Waals surface area contributed by atoms with Crippen LogP contribution in [0.2, 0.25) is 0 Å². The van der Waals surface area contributed by atoms with Crippen LogP contribution in [-0.2, 0) is 9.53 Å². The fraction of sp³-hybridized carbons (Fsp3) is 0.478. The molecule has 5 heteroatoms. The Hall–Kier alpha value is -2.40. The van der Waals surface area contributed by atoms with Gasteiger partial charge in [0.15, 0.2) is 0 Å². The van der Waals surface area contributed by atoms with Crippen molar-refractivity contribution in [3.63, 3.8) is 0 Å². The molecule has 2 fully saturated rings. The van der Waals surface area contributed by atoms with Crippen molar-refractivity contribution in [1.29, 1.82) is 0 Å². The molecule has 4 rings (SSSR count). The summed E-state index contributed by atoms with van der Waals surface area (Å²) < 4.78 is 5.64. The van der Waals surface area contributed by atoms with Crippen LogP contribution < -0.4 is 0 Å². The Morgan fingerprint density at radius 1 is 1.00 bits per heavy atom. The molecule has 0 N–H and O–H groups in total. The lowest BCUT2D eigenvalue weighted by atomic mass is 9.93. The summed E-state index contributed by atoms with van der Waals surface area (Å²) in [6, 6.07) is 14.0. The largest absolute Gasteiger partial charge is 0.375 e. The number of piperidine rings is 1. The first-order valence-electron chi connectivity index (χ1n) is 10.2. The molecule has 2 unspecified atom stereocenters. The number of benzene rings is 2. The number of ether oxygens (including phenoxy) is 1. The zero-order valence-corrected chi connectivity index (χ0v) is 16.6. The summed E-state index contributed by atoms with van der Waals surface area (Å²) in [4.78, 5) is 30.0. The van der Waals surface area contributed by atoms with Gasteiger partial charge in [-0.05, 0) is 43.5 Å². The summed E-state index contributed by atoms with van der Waals surface area (Å²) >= 11 is 0. The zero-order valence-electron chi connectivity index (χ0n) is 16.6. The van der Waals surface area contributed by atoms with Crippen LogP contribution in [0.25, 0.3) is 10.8 Å². The van der Waals surface area contributed by atoms with Crippen LogP contribution in [0, 0.1) is 5.92 Å². The Morgan fingerprint density at radius 3 is 2.50 bits per heavy atom. The minimum atomic E-state index is 0.00400. The van der Waals surface area contributed by atoms with Crippen molar-refractivity contribution in [3.05, 3.63) is 48.0 Å². The molecule has 2 aromatic rings. The molecule has 28 heavy (non-hydrogen) atoms. The number of nitrogens with zero attached hydrogens (tertiary/aromatic N) is 2. The maximum Gasteiger partial charge on any atom is 0.254 e. The number of amides is 2. The molecule has 5 nitrogen and oxygen atoms in total. The second-order valence-corrected chi connectivity index (χ2v) is 8.08. The minimum Gasteiger partial charge on any atom is -0.375 e. The zero-order chi connectivity index (χ0) is 19.7. The molecule has 2 atom stereocenters. The van der Waals surface area contributed by atoms with Crippen LogP contribution in [0.4, 0.5) is 0 Å². The van der Waals surface area contributed by atoms with Gasteiger partial charge < -0.3 is 14.5 Å². The number of carbonyl (C=O) groups excluding carboxylic acids is 2. The molecular weight excluding hydrogens is 352 g/mol. The molecule has 2 amide bonds. The maximum absolute atomic E-state index is 13.1. The van der Waals surface area contributed by atoms with Crippen LogP contribution in [-0.4, -0.2) is 60.0 Å². The van der Waals surface area contributed by atoms with Gasteiger partial charge in [0.1, 0.15) is 0 Å². The number of rotatable bonds is 2. The van der Waals surface area contributed by atoms with Crippen molar-refractivity contribution in [2.75, 3.05) is 26.2 Å². The van der Waals surface area contributed by atoms with Crippen molar-refractivity contribution >= 4 is 22.6 Å². The van der Waals surface area contributed by atoms with E-state index in [2.05, 4.69) is 0 Å². The van der Waals surface area contributed by atoms with Gasteiger partial charge in [0.2, 0.25) is 5.91 Å². The first-order valence-corrected chi connectivity index (χ1v) is 10.2. The Kier molecular flexibility index (Phi) is 5.36. The highest BCUT2D eigenvalue weighted by molar-refractivity contribution is 6.07. The number of carbonyl (C=O) groups is 2. The molecule has 0 bridgehead atoms. The van der Waals surface area contributed by atoms with E-state index in [1.54, 1.807) is 0 Å². The molecule has 2 aliphatic rings. The van der Waals surface area contributed by atoms with E-state index >= 15 is 0 Å². The highest BCUT2D eigenvalue weighted by Crippen LogP contribution is 2.26. The monoisotopic (exact) mass is 380 g/mol. The van der Waals surface area contributed by atoms with Gasteiger partial charge in [0.25, 0.3) is 5.91 Å². The Morgan fingerprint density at radius 2 is 1.71 bits per heavy atom. The SMILES string of the molecule is CC1CN(C(=O)C2CCN(C(=O)c3cccc4ccccc34)CC2)C(C)CO1. The topological polar surface area (TPSA) is 49.9 Å². The van der Waals surface area contributed by atoms with E-state index in [1.807, 2.05) is 66.1 Å². The first-order chi connectivity index (χ1) is 13.5. The van der Waals surface area contributed by atoms with E-state index in [0.29, 0.717) is 26.2 Å². The molecule has 0 saturated carbocycles. The summed E-state index contributed by atoms with van der Waals surface area (Å²) in [6.45, 7) is 6.58. The van der Waals surface area contributed by atoms with Crippen molar-refractivity contribution in [2.24, 2.45) is 5.92 Å². The van der Waals surface area contributed by atoms with Gasteiger partial charge in [0.05, 0.1) is 18.8 Å². The molecule has 2 aliphatic heterocycles. The van der Waals surface area contributed by atoms with E-state index in [4.69, 9.17) is 4.74 Å². The quantitative estimate of drug-likeness (QED) is 0.803. The van der Waals surface area contributed by atoms with Gasteiger partial charge >= 0.3 is 0 Å². The lowest BCUT2D eigenvalue weighted by Crippen LogP contribution is -2.53. The molecular formula is C23H28N2O3. The fourth-order valence-electron chi connectivity index (χ4n) is 4.36. The van der Waals surface area contributed by atoms with E-state index in [0.717, 1.165) is 29.2 Å². The molecule has 0 radical (unpaired) electrons. The van der Waals surface area contributed by atoms with Crippen LogP contribution in [0.3, 0.4) is 0 Å². The van der Waals surface area contributed by atoms with E-state index in [-0.39, 0.29) is 29.9 Å². The summed E-state index contributed by atoms with van der Waals surface area (Å²) in [5, 5.41) is 2.07. The molecule has 0 spiro atoms. The highest BCUT2D eigenvalue weighted by atomic mass is 16.5. The van der Waals surface area contributed by atoms with Gasteiger partial charge in [-0.15, -0.1) is 0 Å². The van der Waals surface area contributed by atoms with Gasteiger partial charge in [-0.2, -0.15) is 0 Å². The Balaban J connectivity index is 1.42. The highest BCUT2D eigenvalue weighted by Gasteiger charge is 2.35. The van der Waals surface area contributed by atoms with Crippen molar-refractivity contribution in [3.8, 4) is 0 Å². The lowest BCUT2D eigenvalue weighted by molar-refractivity contribution is -0.148. The van der Waals surface area contributed by atoms with Crippen molar-refractivity contribution in [2.45, 2.75) is 38.8 Å². The third kappa shape index (κ3) is 3.63. The second-order valence-electron chi connectivity index (χ2n) is 8.08. The van der Waals surface area contributed by atoms with Crippen LogP contribution >= 0.6 is 0 Å². The number of hydrogen-bond donors (Lipinski definition) is 0. The van der Waals surface area contributed by atoms with E-state index in [1.165, 1.54) is 0 Å². The molecule has 0 aliphatic carbocycles.